The average Bonchev–Trinajstić information content (AvgIpc) is 2.79. The van der Waals surface area contributed by atoms with Gasteiger partial charge < -0.3 is 20.4 Å². The summed E-state index contributed by atoms with van der Waals surface area (Å²) in [6.07, 6.45) is 2.18. The minimum atomic E-state index is -0.974. The molecule has 0 fully saturated rings. The highest BCUT2D eigenvalue weighted by Gasteiger charge is 2.15. The van der Waals surface area contributed by atoms with Crippen LogP contribution in [0.15, 0.2) is 24.4 Å². The third-order valence-corrected chi connectivity index (χ3v) is 3.52. The molecule has 1 heterocycles. The molecule has 0 amide bonds. The van der Waals surface area contributed by atoms with Gasteiger partial charge in [0.25, 0.3) is 0 Å². The van der Waals surface area contributed by atoms with Crippen LogP contribution in [0.1, 0.15) is 24.0 Å². The maximum atomic E-state index is 11.1. The van der Waals surface area contributed by atoms with Crippen LogP contribution in [0.5, 0.6) is 0 Å². The number of aldehydes is 1. The van der Waals surface area contributed by atoms with Gasteiger partial charge in [0.15, 0.2) is 0 Å². The quantitative estimate of drug-likeness (QED) is 0.637. The Morgan fingerprint density at radius 2 is 2.04 bits per heavy atom. The number of hydrogen-bond acceptors (Lipinski definition) is 4. The summed E-state index contributed by atoms with van der Waals surface area (Å²) in [7, 11) is 0. The average molecular weight is 318 g/mol. The molecule has 2 aromatic rings. The van der Waals surface area contributed by atoms with Crippen LogP contribution in [0.3, 0.4) is 0 Å². The highest BCUT2D eigenvalue weighted by Crippen LogP contribution is 2.23. The molecule has 7 nitrogen and oxygen atoms in total. The van der Waals surface area contributed by atoms with Crippen molar-refractivity contribution in [2.45, 2.75) is 32.2 Å². The summed E-state index contributed by atoms with van der Waals surface area (Å²) in [6, 6.07) is 4.94. The van der Waals surface area contributed by atoms with Gasteiger partial charge in [0.2, 0.25) is 0 Å². The van der Waals surface area contributed by atoms with Crippen molar-refractivity contribution in [3.63, 3.8) is 0 Å². The Hall–Kier alpha value is -2.83. The second kappa shape index (κ2) is 6.95. The number of fused-ring (bicyclic) bond motifs is 1. The van der Waals surface area contributed by atoms with Crippen LogP contribution < -0.4 is 5.43 Å². The standard InChI is InChI=1S/C16H18N2O5/c1-10-2-4-14-13(6-10)11(7-16(22)23)8-18(14)17-12(9-19)3-5-15(20)21/h2,4,6,8-9,12,17H,3,5,7H2,1H3,(H,20,21)(H,22,23)/t12-/m0/s1. The monoisotopic (exact) mass is 318 g/mol. The predicted octanol–water partition coefficient (Wildman–Crippen LogP) is 1.55. The van der Waals surface area contributed by atoms with Crippen molar-refractivity contribution in [1.29, 1.82) is 0 Å². The second-order valence-corrected chi connectivity index (χ2v) is 5.42. The molecule has 0 aliphatic rings. The van der Waals surface area contributed by atoms with Gasteiger partial charge in [0.1, 0.15) is 6.29 Å². The minimum absolute atomic E-state index is 0.128. The maximum Gasteiger partial charge on any atom is 0.307 e. The van der Waals surface area contributed by atoms with Gasteiger partial charge in [-0.2, -0.15) is 0 Å². The smallest absolute Gasteiger partial charge is 0.307 e. The lowest BCUT2D eigenvalue weighted by Crippen LogP contribution is -2.29. The molecule has 1 aromatic heterocycles. The molecule has 0 radical (unpaired) electrons. The lowest BCUT2D eigenvalue weighted by molar-refractivity contribution is -0.137. The van der Waals surface area contributed by atoms with Crippen molar-refractivity contribution in [3.05, 3.63) is 35.5 Å². The topological polar surface area (TPSA) is 109 Å². The van der Waals surface area contributed by atoms with E-state index in [1.54, 1.807) is 10.9 Å². The summed E-state index contributed by atoms with van der Waals surface area (Å²) in [4.78, 5) is 32.8. The largest absolute Gasteiger partial charge is 0.481 e. The number of carboxylic acid groups (broad SMARTS) is 2. The molecule has 3 N–H and O–H groups in total. The van der Waals surface area contributed by atoms with Crippen molar-refractivity contribution in [3.8, 4) is 0 Å². The molecule has 0 saturated carbocycles. The summed E-state index contributed by atoms with van der Waals surface area (Å²) in [5.74, 6) is -1.92. The van der Waals surface area contributed by atoms with E-state index in [0.29, 0.717) is 11.8 Å². The first-order valence-electron chi connectivity index (χ1n) is 7.16. The number of carbonyl (C=O) groups is 3. The van der Waals surface area contributed by atoms with Crippen molar-refractivity contribution >= 4 is 29.1 Å². The van der Waals surface area contributed by atoms with Crippen LogP contribution in [0.25, 0.3) is 10.9 Å². The number of benzene rings is 1. The van der Waals surface area contributed by atoms with Crippen LogP contribution in [-0.4, -0.2) is 39.2 Å². The van der Waals surface area contributed by atoms with Crippen LogP contribution in [0.4, 0.5) is 0 Å². The zero-order valence-electron chi connectivity index (χ0n) is 12.7. The highest BCUT2D eigenvalue weighted by molar-refractivity contribution is 5.88. The first-order chi connectivity index (χ1) is 10.9. The van der Waals surface area contributed by atoms with Gasteiger partial charge in [-0.15, -0.1) is 0 Å². The molecule has 0 saturated heterocycles. The van der Waals surface area contributed by atoms with Gasteiger partial charge in [-0.1, -0.05) is 11.6 Å². The number of aromatic nitrogens is 1. The summed E-state index contributed by atoms with van der Waals surface area (Å²) >= 11 is 0. The van der Waals surface area contributed by atoms with Crippen LogP contribution in [0, 0.1) is 6.92 Å². The Morgan fingerprint density at radius 3 is 2.65 bits per heavy atom. The van der Waals surface area contributed by atoms with Crippen molar-refractivity contribution in [2.75, 3.05) is 5.43 Å². The normalized spacial score (nSPS) is 12.0. The summed E-state index contributed by atoms with van der Waals surface area (Å²) < 4.78 is 1.59. The maximum absolute atomic E-state index is 11.1. The van der Waals surface area contributed by atoms with Gasteiger partial charge >= 0.3 is 11.9 Å². The van der Waals surface area contributed by atoms with Gasteiger partial charge in [-0.3, -0.25) is 14.3 Å². The van der Waals surface area contributed by atoms with Gasteiger partial charge in [-0.05, 0) is 31.0 Å². The Labute approximate surface area is 132 Å². The molecular weight excluding hydrogens is 300 g/mol. The molecule has 0 aliphatic carbocycles. The van der Waals surface area contributed by atoms with Crippen LogP contribution in [-0.2, 0) is 20.8 Å². The lowest BCUT2D eigenvalue weighted by Gasteiger charge is -2.15. The number of carbonyl (C=O) groups excluding carboxylic acids is 1. The molecule has 0 bridgehead atoms. The number of carboxylic acids is 2. The summed E-state index contributed by atoms with van der Waals surface area (Å²) in [5.41, 5.74) is 5.31. The molecule has 2 rings (SSSR count). The summed E-state index contributed by atoms with van der Waals surface area (Å²) in [5, 5.41) is 18.5. The first kappa shape index (κ1) is 16.5. The fourth-order valence-corrected chi connectivity index (χ4v) is 2.44. The molecule has 0 aliphatic heterocycles. The van der Waals surface area contributed by atoms with Crippen molar-refractivity contribution in [1.82, 2.24) is 4.68 Å². The van der Waals surface area contributed by atoms with E-state index in [0.717, 1.165) is 16.5 Å². The fourth-order valence-electron chi connectivity index (χ4n) is 2.44. The van der Waals surface area contributed by atoms with E-state index in [1.807, 2.05) is 25.1 Å². The van der Waals surface area contributed by atoms with E-state index in [4.69, 9.17) is 10.2 Å². The Balaban J connectivity index is 2.34. The highest BCUT2D eigenvalue weighted by atomic mass is 16.4. The Kier molecular flexibility index (Phi) is 5.00. The van der Waals surface area contributed by atoms with Gasteiger partial charge in [-0.25, -0.2) is 0 Å². The third kappa shape index (κ3) is 4.09. The SMILES string of the molecule is Cc1ccc2c(c1)c(CC(=O)O)cn2N[C@H](C=O)CCC(=O)O. The lowest BCUT2D eigenvalue weighted by atomic mass is 10.1. The predicted molar refractivity (Wildman–Crippen MR) is 84.1 cm³/mol. The molecule has 122 valence electrons. The number of nitrogens with one attached hydrogen (secondary N) is 1. The molecule has 1 aromatic carbocycles. The number of hydrogen-bond donors (Lipinski definition) is 3. The number of aliphatic carboxylic acids is 2. The molecule has 23 heavy (non-hydrogen) atoms. The van der Waals surface area contributed by atoms with E-state index in [1.165, 1.54) is 0 Å². The van der Waals surface area contributed by atoms with Crippen molar-refractivity contribution in [2.24, 2.45) is 0 Å². The molecule has 1 atom stereocenters. The molecule has 0 spiro atoms. The number of rotatable bonds is 8. The van der Waals surface area contributed by atoms with Crippen molar-refractivity contribution < 1.29 is 24.6 Å². The summed E-state index contributed by atoms with van der Waals surface area (Å²) in [6.45, 7) is 1.91. The van der Waals surface area contributed by atoms with E-state index in [-0.39, 0.29) is 19.3 Å². The number of nitrogens with zero attached hydrogens (tertiary/aromatic N) is 1. The molecule has 0 unspecified atom stereocenters. The van der Waals surface area contributed by atoms with Gasteiger partial charge in [0.05, 0.1) is 18.0 Å². The molecule has 7 heteroatoms. The van der Waals surface area contributed by atoms with E-state index in [9.17, 15) is 14.4 Å². The van der Waals surface area contributed by atoms with Gasteiger partial charge in [0, 0.05) is 18.0 Å². The molecular formula is C16H18N2O5. The third-order valence-electron chi connectivity index (χ3n) is 3.52. The first-order valence-corrected chi connectivity index (χ1v) is 7.16. The van der Waals surface area contributed by atoms with E-state index in [2.05, 4.69) is 5.43 Å². The van der Waals surface area contributed by atoms with Crippen LogP contribution >= 0.6 is 0 Å². The second-order valence-electron chi connectivity index (χ2n) is 5.42. The van der Waals surface area contributed by atoms with E-state index >= 15 is 0 Å². The zero-order valence-corrected chi connectivity index (χ0v) is 12.7. The van der Waals surface area contributed by atoms with Crippen LogP contribution in [0.2, 0.25) is 0 Å². The minimum Gasteiger partial charge on any atom is -0.481 e. The Morgan fingerprint density at radius 1 is 1.30 bits per heavy atom. The fraction of sp³-hybridized carbons (Fsp3) is 0.312. The number of aryl methyl sites for hydroxylation is 1. The Bertz CT molecular complexity index is 750. The zero-order chi connectivity index (χ0) is 17.0. The van der Waals surface area contributed by atoms with E-state index < -0.39 is 18.0 Å².